The van der Waals surface area contributed by atoms with Crippen molar-refractivity contribution in [3.8, 4) is 11.5 Å². The van der Waals surface area contributed by atoms with E-state index in [0.29, 0.717) is 42.1 Å². The van der Waals surface area contributed by atoms with Crippen molar-refractivity contribution in [3.05, 3.63) is 120 Å². The summed E-state index contributed by atoms with van der Waals surface area (Å²) >= 11 is 0. The van der Waals surface area contributed by atoms with Crippen LogP contribution in [0.15, 0.2) is 103 Å². The Kier molecular flexibility index (Phi) is 10.1. The summed E-state index contributed by atoms with van der Waals surface area (Å²) in [5.41, 5.74) is 3.86. The van der Waals surface area contributed by atoms with Gasteiger partial charge in [-0.05, 0) is 79.4 Å². The van der Waals surface area contributed by atoms with Gasteiger partial charge < -0.3 is 24.3 Å². The molecule has 0 aromatic heterocycles. The van der Waals surface area contributed by atoms with Crippen LogP contribution in [0.2, 0.25) is 18.6 Å². The molecule has 4 aromatic rings. The van der Waals surface area contributed by atoms with Crippen molar-refractivity contribution in [1.82, 2.24) is 4.90 Å². The lowest BCUT2D eigenvalue weighted by Crippen LogP contribution is -2.42. The maximum Gasteiger partial charge on any atom is 0.266 e. The van der Waals surface area contributed by atoms with Gasteiger partial charge in [0.1, 0.15) is 5.75 Å². The molecule has 0 bridgehead atoms. The van der Waals surface area contributed by atoms with E-state index >= 15 is 0 Å². The fourth-order valence-electron chi connectivity index (χ4n) is 7.35. The number of para-hydroxylation sites is 3. The number of carbonyl (C=O) groups is 2. The van der Waals surface area contributed by atoms with Crippen LogP contribution in [0.4, 0.5) is 11.4 Å². The highest BCUT2D eigenvalue weighted by Crippen LogP contribution is 2.46. The maximum atomic E-state index is 13.9. The molecule has 9 heteroatoms. The Bertz CT molecular complexity index is 1740. The highest BCUT2D eigenvalue weighted by atomic mass is 28.4. The molecule has 4 aromatic carbocycles. The lowest BCUT2D eigenvalue weighted by atomic mass is 9.95. The van der Waals surface area contributed by atoms with Crippen LogP contribution in [0.1, 0.15) is 41.3 Å². The molecule has 2 N–H and O–H groups in total. The summed E-state index contributed by atoms with van der Waals surface area (Å²) in [5, 5.41) is 9.70. The summed E-state index contributed by atoms with van der Waals surface area (Å²) in [4.78, 5) is 42.3. The molecule has 48 heavy (non-hydrogen) atoms. The van der Waals surface area contributed by atoms with Crippen LogP contribution in [0.25, 0.3) is 0 Å². The van der Waals surface area contributed by atoms with Gasteiger partial charge in [0.05, 0.1) is 36.5 Å². The van der Waals surface area contributed by atoms with Crippen molar-refractivity contribution in [2.24, 2.45) is 5.92 Å². The molecule has 4 atom stereocenters. The van der Waals surface area contributed by atoms with Crippen molar-refractivity contribution in [2.75, 3.05) is 18.1 Å². The second-order valence-electron chi connectivity index (χ2n) is 13.4. The number of aliphatic hydroxyl groups is 1. The molecule has 0 unspecified atom stereocenters. The van der Waals surface area contributed by atoms with Crippen molar-refractivity contribution >= 4 is 31.5 Å². The number of aryl methyl sites for hydroxylation is 1. The normalized spacial score (nSPS) is 20.4. The van der Waals surface area contributed by atoms with Crippen molar-refractivity contribution < 1.29 is 29.0 Å². The van der Waals surface area contributed by atoms with E-state index in [1.165, 1.54) is 0 Å². The lowest BCUT2D eigenvalue weighted by molar-refractivity contribution is -0.135. The van der Waals surface area contributed by atoms with Crippen LogP contribution in [0.3, 0.4) is 0 Å². The Balaban J connectivity index is 1.19. The fourth-order valence-corrected chi connectivity index (χ4v) is 9.96. The molecule has 0 saturated carbocycles. The summed E-state index contributed by atoms with van der Waals surface area (Å²) in [5.74, 6) is 0.950. The van der Waals surface area contributed by atoms with Gasteiger partial charge in [0, 0.05) is 24.3 Å². The second-order valence-corrected chi connectivity index (χ2v) is 17.4. The average Bonchev–Trinajstić information content (AvgIpc) is 3.33. The van der Waals surface area contributed by atoms with Crippen molar-refractivity contribution in [3.63, 3.8) is 0 Å². The number of rotatable bonds is 11. The molecule has 2 aliphatic rings. The van der Waals surface area contributed by atoms with Gasteiger partial charge >= 0.3 is 0 Å². The number of carbonyl (C=O) groups excluding carboxylic acids is 2. The molecular weight excluding hydrogens is 621 g/mol. The SMILES string of the molecule is C[C@H]1[C@H]([Si](C)(C)O)[C@@H](CC(=O)N(CCO)Cc2ccccc2)O[C@H]1CCc1cccc(N2C(=O)c3ccccc3Oc3ccccc32)c1. The zero-order valence-electron chi connectivity index (χ0n) is 27.8. The van der Waals surface area contributed by atoms with Gasteiger partial charge in [-0.1, -0.05) is 73.7 Å². The van der Waals surface area contributed by atoms with E-state index < -0.39 is 14.4 Å². The molecule has 1 saturated heterocycles. The number of amides is 2. The Hall–Kier alpha value is -4.28. The van der Waals surface area contributed by atoms with Gasteiger partial charge in [0.2, 0.25) is 5.91 Å². The fraction of sp³-hybridized carbons (Fsp3) is 0.333. The Morgan fingerprint density at radius 1 is 0.875 bits per heavy atom. The van der Waals surface area contributed by atoms with E-state index in [9.17, 15) is 19.5 Å². The van der Waals surface area contributed by atoms with Crippen LogP contribution in [0.5, 0.6) is 11.5 Å². The lowest BCUT2D eigenvalue weighted by Gasteiger charge is -2.31. The number of hydrogen-bond acceptors (Lipinski definition) is 6. The van der Waals surface area contributed by atoms with E-state index in [-0.39, 0.29) is 48.9 Å². The molecule has 1 fully saturated rings. The first-order valence-electron chi connectivity index (χ1n) is 16.7. The van der Waals surface area contributed by atoms with E-state index in [1.807, 2.05) is 104 Å². The van der Waals surface area contributed by atoms with Crippen LogP contribution >= 0.6 is 0 Å². The van der Waals surface area contributed by atoms with Gasteiger partial charge in [-0.3, -0.25) is 14.5 Å². The topological polar surface area (TPSA) is 99.5 Å². The highest BCUT2D eigenvalue weighted by Gasteiger charge is 2.50. The Morgan fingerprint density at radius 3 is 2.31 bits per heavy atom. The minimum atomic E-state index is -2.70. The summed E-state index contributed by atoms with van der Waals surface area (Å²) < 4.78 is 12.8. The van der Waals surface area contributed by atoms with Gasteiger partial charge in [-0.25, -0.2) is 0 Å². The van der Waals surface area contributed by atoms with Crippen LogP contribution in [0, 0.1) is 5.92 Å². The molecule has 8 nitrogen and oxygen atoms in total. The van der Waals surface area contributed by atoms with Crippen molar-refractivity contribution in [2.45, 2.75) is 63.6 Å². The van der Waals surface area contributed by atoms with Gasteiger partial charge in [-0.2, -0.15) is 0 Å². The van der Waals surface area contributed by atoms with Crippen molar-refractivity contribution in [1.29, 1.82) is 0 Å². The number of aliphatic hydroxyl groups excluding tert-OH is 1. The second kappa shape index (κ2) is 14.5. The zero-order valence-corrected chi connectivity index (χ0v) is 28.8. The summed E-state index contributed by atoms with van der Waals surface area (Å²) in [6, 6.07) is 32.6. The summed E-state index contributed by atoms with van der Waals surface area (Å²) in [6.45, 7) is 6.50. The first kappa shape index (κ1) is 33.6. The number of fused-ring (bicyclic) bond motifs is 2. The Labute approximate surface area is 283 Å². The van der Waals surface area contributed by atoms with E-state index in [2.05, 4.69) is 13.0 Å². The molecule has 6 rings (SSSR count). The van der Waals surface area contributed by atoms with E-state index in [1.54, 1.807) is 15.9 Å². The molecule has 2 aliphatic heterocycles. The summed E-state index contributed by atoms with van der Waals surface area (Å²) in [7, 11) is -2.70. The number of hydrogen-bond donors (Lipinski definition) is 2. The van der Waals surface area contributed by atoms with Crippen LogP contribution in [-0.2, 0) is 22.5 Å². The average molecular weight is 665 g/mol. The molecular formula is C39H44N2O6Si. The molecule has 2 amide bonds. The highest BCUT2D eigenvalue weighted by molar-refractivity contribution is 6.71. The van der Waals surface area contributed by atoms with Crippen LogP contribution < -0.4 is 9.64 Å². The van der Waals surface area contributed by atoms with Gasteiger partial charge in [0.15, 0.2) is 14.1 Å². The Morgan fingerprint density at radius 2 is 1.56 bits per heavy atom. The standard InChI is InChI=1S/C39H44N2O6Si/c1-27-33(46-36(38(27)48(2,3)45)25-37(43)40(22-23-42)26-29-12-5-4-6-13-29)21-20-28-14-11-15-30(24-28)41-32-17-8-10-19-35(32)47-34-18-9-7-16-31(34)39(41)44/h4-19,24,27,33,36,38,42,45H,20-23,25-26H2,1-3H3/t27-,33+,36-,38+/m1/s1. The number of nitrogens with zero attached hydrogens (tertiary/aromatic N) is 2. The quantitative estimate of drug-likeness (QED) is 0.166. The van der Waals surface area contributed by atoms with Gasteiger partial charge in [-0.15, -0.1) is 0 Å². The summed E-state index contributed by atoms with van der Waals surface area (Å²) in [6.07, 6.45) is 1.02. The monoisotopic (exact) mass is 664 g/mol. The van der Waals surface area contributed by atoms with Crippen LogP contribution in [-0.4, -0.2) is 60.3 Å². The predicted octanol–water partition coefficient (Wildman–Crippen LogP) is 7.09. The molecule has 0 radical (unpaired) electrons. The van der Waals surface area contributed by atoms with E-state index in [0.717, 1.165) is 16.8 Å². The van der Waals surface area contributed by atoms with Gasteiger partial charge in [0.25, 0.3) is 5.91 Å². The number of benzene rings is 4. The minimum absolute atomic E-state index is 0.0609. The first-order valence-corrected chi connectivity index (χ1v) is 19.8. The molecule has 0 spiro atoms. The molecule has 0 aliphatic carbocycles. The largest absolute Gasteiger partial charge is 0.454 e. The molecule has 250 valence electrons. The predicted molar refractivity (Wildman–Crippen MR) is 189 cm³/mol. The van der Waals surface area contributed by atoms with E-state index in [4.69, 9.17) is 9.47 Å². The number of ether oxygens (including phenoxy) is 2. The minimum Gasteiger partial charge on any atom is -0.454 e. The smallest absolute Gasteiger partial charge is 0.266 e. The third kappa shape index (κ3) is 7.24. The molecule has 2 heterocycles. The third-order valence-electron chi connectivity index (χ3n) is 9.57. The third-order valence-corrected chi connectivity index (χ3v) is 12.1. The maximum absolute atomic E-state index is 13.9. The number of anilines is 2. The first-order chi connectivity index (χ1) is 23.1. The zero-order chi connectivity index (χ0) is 33.8.